The second-order valence-electron chi connectivity index (χ2n) is 9.70. The number of nitrogens with one attached hydrogen (secondary N) is 2. The van der Waals surface area contributed by atoms with Gasteiger partial charge in [0.25, 0.3) is 11.8 Å². The molecule has 2 aromatic carbocycles. The Kier molecular flexibility index (Phi) is 10.2. The lowest BCUT2D eigenvalue weighted by molar-refractivity contribution is -0.143. The Morgan fingerprint density at radius 3 is 2.56 bits per heavy atom. The van der Waals surface area contributed by atoms with E-state index >= 15 is 0 Å². The number of cyclic esters (lactones) is 1. The van der Waals surface area contributed by atoms with Crippen LogP contribution in [0.15, 0.2) is 54.6 Å². The fraction of sp³-hybridized carbons (Fsp3) is 0.407. The molecule has 2 aromatic rings. The predicted molar refractivity (Wildman–Crippen MR) is 150 cm³/mol. The number of phenolic OH excluding ortho intramolecular Hbond substituents is 1. The minimum Gasteiger partial charge on any atom is -0.508 e. The molecule has 3 N–H and O–H groups in total. The van der Waals surface area contributed by atoms with Gasteiger partial charge in [0.15, 0.2) is 0 Å². The number of imide groups is 1. The van der Waals surface area contributed by atoms with Gasteiger partial charge in [0.1, 0.15) is 31.0 Å². The van der Waals surface area contributed by atoms with Crippen LogP contribution >= 0.6 is 34.8 Å². The molecule has 2 heterocycles. The van der Waals surface area contributed by atoms with Crippen molar-refractivity contribution in [1.82, 2.24) is 20.7 Å². The van der Waals surface area contributed by atoms with E-state index in [1.54, 1.807) is 12.1 Å². The molecular formula is C27H29Cl3N4O7. The molecule has 3 atom stereocenters. The first-order valence-electron chi connectivity index (χ1n) is 12.9. The number of benzene rings is 2. The van der Waals surface area contributed by atoms with E-state index in [1.807, 2.05) is 30.3 Å². The van der Waals surface area contributed by atoms with Gasteiger partial charge in [0.05, 0.1) is 6.04 Å². The summed E-state index contributed by atoms with van der Waals surface area (Å²) in [4.78, 5) is 53.2. The molecular weight excluding hydrogens is 599 g/mol. The van der Waals surface area contributed by atoms with Gasteiger partial charge in [-0.1, -0.05) is 77.3 Å². The Balaban J connectivity index is 1.46. The molecule has 220 valence electrons. The Morgan fingerprint density at radius 1 is 1.12 bits per heavy atom. The number of hydrazine groups is 1. The van der Waals surface area contributed by atoms with Crippen molar-refractivity contribution in [3.8, 4) is 5.75 Å². The average Bonchev–Trinajstić information content (AvgIpc) is 3.30. The van der Waals surface area contributed by atoms with Crippen LogP contribution < -0.4 is 10.7 Å². The molecule has 0 aromatic heterocycles. The van der Waals surface area contributed by atoms with Crippen molar-refractivity contribution in [1.29, 1.82) is 0 Å². The highest BCUT2D eigenvalue weighted by atomic mass is 35.6. The van der Waals surface area contributed by atoms with Gasteiger partial charge in [-0.3, -0.25) is 14.6 Å². The fourth-order valence-corrected chi connectivity index (χ4v) is 4.86. The molecule has 11 nitrogen and oxygen atoms in total. The number of alkyl halides is 3. The average molecular weight is 628 g/mol. The van der Waals surface area contributed by atoms with E-state index in [1.165, 1.54) is 17.1 Å². The van der Waals surface area contributed by atoms with Crippen LogP contribution in [0.4, 0.5) is 9.59 Å². The maximum absolute atomic E-state index is 13.6. The summed E-state index contributed by atoms with van der Waals surface area (Å²) in [6, 6.07) is 13.1. The van der Waals surface area contributed by atoms with Crippen LogP contribution in [0.25, 0.3) is 0 Å². The summed E-state index contributed by atoms with van der Waals surface area (Å²) in [6.45, 7) is -0.242. The van der Waals surface area contributed by atoms with Crippen LogP contribution in [0.3, 0.4) is 0 Å². The van der Waals surface area contributed by atoms with Gasteiger partial charge < -0.3 is 19.9 Å². The highest BCUT2D eigenvalue weighted by Gasteiger charge is 2.43. The number of halogens is 3. The summed E-state index contributed by atoms with van der Waals surface area (Å²) in [6.07, 6.45) is -0.479. The van der Waals surface area contributed by atoms with Gasteiger partial charge >= 0.3 is 12.2 Å². The molecule has 2 aliphatic heterocycles. The van der Waals surface area contributed by atoms with Crippen molar-refractivity contribution < 1.29 is 33.8 Å². The lowest BCUT2D eigenvalue weighted by Crippen LogP contribution is -2.62. The largest absolute Gasteiger partial charge is 0.508 e. The number of carbonyl (C=O) groups is 4. The highest BCUT2D eigenvalue weighted by Crippen LogP contribution is 2.26. The van der Waals surface area contributed by atoms with Gasteiger partial charge in [0, 0.05) is 13.0 Å². The van der Waals surface area contributed by atoms with Crippen molar-refractivity contribution in [2.75, 3.05) is 19.8 Å². The summed E-state index contributed by atoms with van der Waals surface area (Å²) in [5.41, 5.74) is 4.42. The van der Waals surface area contributed by atoms with Crippen LogP contribution in [0.1, 0.15) is 24.0 Å². The molecule has 4 rings (SSSR count). The molecule has 0 radical (unpaired) electrons. The molecule has 14 heteroatoms. The standard InChI is InChI=1S/C27H29Cl3N4O7/c28-27(29,30)16-41-25(38)31-22(14-18-8-4-9-20(35)13-18)23(36)33-11-5-10-21(32-33)24(37)34-19(15-40-26(34)39)12-17-6-2-1-3-7-17/h1-4,6-9,13,19,21-22,32,35H,5,10-12,14-16H2,(H,31,38)/t19-,21-,22-/m0/s1. The predicted octanol–water partition coefficient (Wildman–Crippen LogP) is 3.49. The normalized spacial score (nSPS) is 19.8. The SMILES string of the molecule is O=C(N[C@@H](Cc1cccc(O)c1)C(=O)N1CCC[C@@H](C(=O)N2C(=O)OC[C@@H]2Cc2ccccc2)N1)OCC(Cl)(Cl)Cl. The summed E-state index contributed by atoms with van der Waals surface area (Å²) in [7, 11) is 0. The first-order valence-corrected chi connectivity index (χ1v) is 14.0. The molecule has 0 bridgehead atoms. The molecule has 4 amide bonds. The van der Waals surface area contributed by atoms with E-state index in [0.717, 1.165) is 10.5 Å². The molecule has 41 heavy (non-hydrogen) atoms. The quantitative estimate of drug-likeness (QED) is 0.379. The monoisotopic (exact) mass is 626 g/mol. The lowest BCUT2D eigenvalue weighted by Gasteiger charge is -2.36. The van der Waals surface area contributed by atoms with E-state index in [4.69, 9.17) is 44.3 Å². The van der Waals surface area contributed by atoms with Crippen molar-refractivity contribution in [2.24, 2.45) is 0 Å². The molecule has 0 saturated carbocycles. The molecule has 2 aliphatic rings. The fourth-order valence-electron chi connectivity index (χ4n) is 4.70. The zero-order valence-electron chi connectivity index (χ0n) is 21.8. The third-order valence-corrected chi connectivity index (χ3v) is 6.90. The second kappa shape index (κ2) is 13.6. The molecule has 2 fully saturated rings. The van der Waals surface area contributed by atoms with E-state index in [-0.39, 0.29) is 25.3 Å². The van der Waals surface area contributed by atoms with Crippen LogP contribution in [0, 0.1) is 0 Å². The number of aromatic hydroxyl groups is 1. The number of ether oxygens (including phenoxy) is 2. The number of alkyl carbamates (subject to hydrolysis) is 1. The van der Waals surface area contributed by atoms with Crippen molar-refractivity contribution in [2.45, 2.75) is 47.6 Å². The van der Waals surface area contributed by atoms with Crippen molar-refractivity contribution in [3.63, 3.8) is 0 Å². The minimum absolute atomic E-state index is 0.00943. The number of phenols is 1. The topological polar surface area (TPSA) is 138 Å². The van der Waals surface area contributed by atoms with Crippen LogP contribution in [-0.4, -0.2) is 80.7 Å². The van der Waals surface area contributed by atoms with E-state index in [2.05, 4.69) is 10.7 Å². The molecule has 0 spiro atoms. The summed E-state index contributed by atoms with van der Waals surface area (Å²) < 4.78 is 8.28. The number of rotatable bonds is 8. The van der Waals surface area contributed by atoms with Gasteiger partial charge in [-0.05, 0) is 42.5 Å². The second-order valence-corrected chi connectivity index (χ2v) is 12.2. The summed E-state index contributed by atoms with van der Waals surface area (Å²) >= 11 is 17.0. The Bertz CT molecular complexity index is 1260. The third-order valence-electron chi connectivity index (χ3n) is 6.57. The highest BCUT2D eigenvalue weighted by molar-refractivity contribution is 6.67. The van der Waals surface area contributed by atoms with Crippen LogP contribution in [0.5, 0.6) is 5.75 Å². The van der Waals surface area contributed by atoms with Crippen molar-refractivity contribution in [3.05, 3.63) is 65.7 Å². The van der Waals surface area contributed by atoms with Crippen LogP contribution in [-0.2, 0) is 31.9 Å². The summed E-state index contributed by atoms with van der Waals surface area (Å²) in [5.74, 6) is -1.09. The van der Waals surface area contributed by atoms with E-state index < -0.39 is 52.5 Å². The zero-order chi connectivity index (χ0) is 29.6. The molecule has 2 saturated heterocycles. The van der Waals surface area contributed by atoms with Gasteiger partial charge in [-0.2, -0.15) is 0 Å². The van der Waals surface area contributed by atoms with Crippen LogP contribution in [0.2, 0.25) is 0 Å². The van der Waals surface area contributed by atoms with Gasteiger partial charge in [-0.25, -0.2) is 19.9 Å². The Morgan fingerprint density at radius 2 is 1.85 bits per heavy atom. The van der Waals surface area contributed by atoms with Gasteiger partial charge in [-0.15, -0.1) is 0 Å². The first-order chi connectivity index (χ1) is 19.5. The first kappa shape index (κ1) is 30.7. The Hall–Kier alpha value is -3.25. The van der Waals surface area contributed by atoms with E-state index in [9.17, 15) is 24.3 Å². The number of nitrogens with zero attached hydrogens (tertiary/aromatic N) is 2. The number of hydrogen-bond acceptors (Lipinski definition) is 8. The smallest absolute Gasteiger partial charge is 0.417 e. The maximum Gasteiger partial charge on any atom is 0.417 e. The number of hydrogen-bond donors (Lipinski definition) is 3. The zero-order valence-corrected chi connectivity index (χ0v) is 24.1. The molecule has 0 unspecified atom stereocenters. The number of amides is 4. The maximum atomic E-state index is 13.6. The van der Waals surface area contributed by atoms with Gasteiger partial charge in [0.2, 0.25) is 3.79 Å². The molecule has 0 aliphatic carbocycles. The summed E-state index contributed by atoms with van der Waals surface area (Å²) in [5, 5.41) is 13.6. The van der Waals surface area contributed by atoms with E-state index in [0.29, 0.717) is 24.8 Å². The number of carbonyl (C=O) groups excluding carboxylic acids is 4. The third kappa shape index (κ3) is 8.62. The minimum atomic E-state index is -1.85. The van der Waals surface area contributed by atoms with Crippen molar-refractivity contribution >= 4 is 58.8 Å². The Labute approximate surface area is 251 Å². The lowest BCUT2D eigenvalue weighted by atomic mass is 10.0.